The number of nitrogens with zero attached hydrogens (tertiary/aromatic N) is 2. The van der Waals surface area contributed by atoms with Gasteiger partial charge in [-0.15, -0.1) is 0 Å². The van der Waals surface area contributed by atoms with E-state index in [0.29, 0.717) is 12.1 Å². The Balaban J connectivity index is 2.28. The number of hydrogen-bond donors (Lipinski definition) is 1. The van der Waals surface area contributed by atoms with E-state index in [2.05, 4.69) is 5.32 Å². The first-order valence-corrected chi connectivity index (χ1v) is 7.37. The van der Waals surface area contributed by atoms with Gasteiger partial charge in [0.2, 0.25) is 5.91 Å². The Bertz CT molecular complexity index is 504. The molecule has 1 amide bonds. The summed E-state index contributed by atoms with van der Waals surface area (Å²) < 4.78 is 14.1. The third-order valence-electron chi connectivity index (χ3n) is 3.85. The lowest BCUT2D eigenvalue weighted by Crippen LogP contribution is -2.37. The summed E-state index contributed by atoms with van der Waals surface area (Å²) in [7, 11) is 3.93. The van der Waals surface area contributed by atoms with E-state index in [1.807, 2.05) is 32.8 Å². The highest BCUT2D eigenvalue weighted by Gasteiger charge is 2.41. The van der Waals surface area contributed by atoms with Crippen molar-refractivity contribution >= 4 is 5.91 Å². The maximum atomic E-state index is 14.1. The minimum atomic E-state index is -0.383. The van der Waals surface area contributed by atoms with Crippen LogP contribution in [0.1, 0.15) is 25.6 Å². The molecule has 1 N–H and O–H groups in total. The SMILES string of the molecule is CC(C)C1NC(c2ccccc2F)N(CCN(C)C)C1=O. The zero-order valence-electron chi connectivity index (χ0n) is 13.1. The molecule has 2 rings (SSSR count). The van der Waals surface area contributed by atoms with Crippen molar-refractivity contribution in [1.29, 1.82) is 0 Å². The predicted octanol–water partition coefficient (Wildman–Crippen LogP) is 1.84. The van der Waals surface area contributed by atoms with Crippen LogP contribution in [0.25, 0.3) is 0 Å². The molecule has 1 aromatic carbocycles. The highest BCUT2D eigenvalue weighted by atomic mass is 19.1. The van der Waals surface area contributed by atoms with Gasteiger partial charge in [0.1, 0.15) is 12.0 Å². The number of rotatable bonds is 5. The molecule has 0 radical (unpaired) electrons. The first-order chi connectivity index (χ1) is 9.91. The van der Waals surface area contributed by atoms with Crippen molar-refractivity contribution in [1.82, 2.24) is 15.1 Å². The van der Waals surface area contributed by atoms with E-state index in [0.717, 1.165) is 6.54 Å². The van der Waals surface area contributed by atoms with E-state index < -0.39 is 0 Å². The quantitative estimate of drug-likeness (QED) is 0.900. The number of carbonyl (C=O) groups is 1. The Hall–Kier alpha value is -1.46. The van der Waals surface area contributed by atoms with Crippen LogP contribution in [0, 0.1) is 11.7 Å². The minimum Gasteiger partial charge on any atom is -0.320 e. The fraction of sp³-hybridized carbons (Fsp3) is 0.562. The number of nitrogens with one attached hydrogen (secondary N) is 1. The topological polar surface area (TPSA) is 35.6 Å². The number of likely N-dealkylation sites (N-methyl/N-ethyl adjacent to an activating group) is 1. The molecule has 0 bridgehead atoms. The molecular weight excluding hydrogens is 269 g/mol. The smallest absolute Gasteiger partial charge is 0.241 e. The molecule has 1 saturated heterocycles. The summed E-state index contributed by atoms with van der Waals surface area (Å²) in [4.78, 5) is 16.4. The molecule has 0 spiro atoms. The van der Waals surface area contributed by atoms with Crippen molar-refractivity contribution in [3.05, 3.63) is 35.6 Å². The van der Waals surface area contributed by atoms with E-state index in [1.54, 1.807) is 23.1 Å². The third-order valence-corrected chi connectivity index (χ3v) is 3.85. The number of halogens is 1. The average molecular weight is 293 g/mol. The summed E-state index contributed by atoms with van der Waals surface area (Å²) in [5.74, 6) is -0.0432. The molecule has 4 nitrogen and oxygen atoms in total. The van der Waals surface area contributed by atoms with Crippen molar-refractivity contribution in [2.45, 2.75) is 26.1 Å². The van der Waals surface area contributed by atoms with E-state index in [4.69, 9.17) is 0 Å². The normalized spacial score (nSPS) is 22.6. The van der Waals surface area contributed by atoms with E-state index >= 15 is 0 Å². The molecule has 116 valence electrons. The lowest BCUT2D eigenvalue weighted by atomic mass is 10.1. The summed E-state index contributed by atoms with van der Waals surface area (Å²) in [5, 5.41) is 3.29. The Kier molecular flexibility index (Phi) is 4.96. The van der Waals surface area contributed by atoms with Crippen LogP contribution in [0.15, 0.2) is 24.3 Å². The molecule has 1 heterocycles. The molecule has 5 heteroatoms. The van der Waals surface area contributed by atoms with Crippen LogP contribution in [0.5, 0.6) is 0 Å². The number of benzene rings is 1. The van der Waals surface area contributed by atoms with Gasteiger partial charge in [0.15, 0.2) is 0 Å². The van der Waals surface area contributed by atoms with Gasteiger partial charge in [-0.05, 0) is 26.1 Å². The molecule has 21 heavy (non-hydrogen) atoms. The van der Waals surface area contributed by atoms with E-state index in [-0.39, 0.29) is 29.8 Å². The van der Waals surface area contributed by atoms with Crippen molar-refractivity contribution < 1.29 is 9.18 Å². The van der Waals surface area contributed by atoms with Gasteiger partial charge >= 0.3 is 0 Å². The highest BCUT2D eigenvalue weighted by Crippen LogP contribution is 2.29. The highest BCUT2D eigenvalue weighted by molar-refractivity contribution is 5.84. The lowest BCUT2D eigenvalue weighted by Gasteiger charge is -2.26. The second-order valence-corrected chi connectivity index (χ2v) is 6.15. The Morgan fingerprint density at radius 2 is 2.00 bits per heavy atom. The van der Waals surface area contributed by atoms with Crippen LogP contribution in [-0.2, 0) is 4.79 Å². The molecule has 0 aromatic heterocycles. The predicted molar refractivity (Wildman–Crippen MR) is 81.2 cm³/mol. The molecule has 2 atom stereocenters. The number of hydrogen-bond acceptors (Lipinski definition) is 3. The molecule has 2 unspecified atom stereocenters. The number of amides is 1. The molecular formula is C16H24FN3O. The van der Waals surface area contributed by atoms with Crippen LogP contribution >= 0.6 is 0 Å². The second kappa shape index (κ2) is 6.54. The summed E-state index contributed by atoms with van der Waals surface area (Å²) in [6.07, 6.45) is -0.383. The van der Waals surface area contributed by atoms with Gasteiger partial charge < -0.3 is 9.80 Å². The van der Waals surface area contributed by atoms with Crippen LogP contribution in [0.4, 0.5) is 4.39 Å². The first kappa shape index (κ1) is 15.9. The fourth-order valence-corrected chi connectivity index (χ4v) is 2.62. The van der Waals surface area contributed by atoms with Crippen molar-refractivity contribution in [2.24, 2.45) is 5.92 Å². The molecule has 0 saturated carbocycles. The lowest BCUT2D eigenvalue weighted by molar-refractivity contribution is -0.131. The zero-order chi connectivity index (χ0) is 15.6. The number of carbonyl (C=O) groups excluding carboxylic acids is 1. The summed E-state index contributed by atoms with van der Waals surface area (Å²) in [6, 6.07) is 6.40. The van der Waals surface area contributed by atoms with Crippen LogP contribution in [0.2, 0.25) is 0 Å². The molecule has 1 aliphatic heterocycles. The Morgan fingerprint density at radius 1 is 1.33 bits per heavy atom. The molecule has 1 aliphatic rings. The van der Waals surface area contributed by atoms with Gasteiger partial charge in [0.25, 0.3) is 0 Å². The van der Waals surface area contributed by atoms with Crippen molar-refractivity contribution in [2.75, 3.05) is 27.2 Å². The van der Waals surface area contributed by atoms with Gasteiger partial charge in [-0.2, -0.15) is 0 Å². The van der Waals surface area contributed by atoms with E-state index in [9.17, 15) is 9.18 Å². The first-order valence-electron chi connectivity index (χ1n) is 7.37. The van der Waals surface area contributed by atoms with E-state index in [1.165, 1.54) is 6.07 Å². The Morgan fingerprint density at radius 3 is 2.57 bits per heavy atom. The van der Waals surface area contributed by atoms with Gasteiger partial charge in [-0.1, -0.05) is 32.0 Å². The summed E-state index contributed by atoms with van der Waals surface area (Å²) in [5.41, 5.74) is 0.535. The van der Waals surface area contributed by atoms with Gasteiger partial charge in [-0.3, -0.25) is 10.1 Å². The average Bonchev–Trinajstić information content (AvgIpc) is 2.74. The summed E-state index contributed by atoms with van der Waals surface area (Å²) in [6.45, 7) is 5.34. The Labute approximate surface area is 125 Å². The van der Waals surface area contributed by atoms with Crippen molar-refractivity contribution in [3.63, 3.8) is 0 Å². The van der Waals surface area contributed by atoms with Crippen LogP contribution < -0.4 is 5.32 Å². The van der Waals surface area contributed by atoms with Crippen LogP contribution in [0.3, 0.4) is 0 Å². The maximum absolute atomic E-state index is 14.1. The third kappa shape index (κ3) is 3.41. The van der Waals surface area contributed by atoms with Crippen LogP contribution in [-0.4, -0.2) is 48.9 Å². The van der Waals surface area contributed by atoms with Gasteiger partial charge in [0.05, 0.1) is 6.04 Å². The zero-order valence-corrected chi connectivity index (χ0v) is 13.1. The molecule has 0 aliphatic carbocycles. The van der Waals surface area contributed by atoms with Gasteiger partial charge in [-0.25, -0.2) is 4.39 Å². The maximum Gasteiger partial charge on any atom is 0.241 e. The minimum absolute atomic E-state index is 0.0557. The van der Waals surface area contributed by atoms with Crippen molar-refractivity contribution in [3.8, 4) is 0 Å². The molecule has 1 fully saturated rings. The van der Waals surface area contributed by atoms with Gasteiger partial charge in [0, 0.05) is 18.7 Å². The standard InChI is InChI=1S/C16H24FN3O/c1-11(2)14-16(21)20(10-9-19(3)4)15(18-14)12-7-5-6-8-13(12)17/h5-8,11,14-15,18H,9-10H2,1-4H3. The fourth-order valence-electron chi connectivity index (χ4n) is 2.62. The largest absolute Gasteiger partial charge is 0.320 e. The monoisotopic (exact) mass is 293 g/mol. The summed E-state index contributed by atoms with van der Waals surface area (Å²) >= 11 is 0. The molecule has 1 aromatic rings. The second-order valence-electron chi connectivity index (χ2n) is 6.15.